The van der Waals surface area contributed by atoms with Crippen LogP contribution in [0.5, 0.6) is 0 Å². The van der Waals surface area contributed by atoms with E-state index in [4.69, 9.17) is 4.42 Å². The van der Waals surface area contributed by atoms with Gasteiger partial charge in [0.25, 0.3) is 11.5 Å². The lowest BCUT2D eigenvalue weighted by Crippen LogP contribution is -2.31. The predicted octanol–water partition coefficient (Wildman–Crippen LogP) is 0.723. The third kappa shape index (κ3) is 3.31. The highest BCUT2D eigenvalue weighted by atomic mass is 16.3. The van der Waals surface area contributed by atoms with Crippen molar-refractivity contribution < 1.29 is 9.21 Å². The standard InChI is InChI=1S/C15H13N5O3/c21-11-3-1-2-8-20(11)9-6-18-14(22)12-13(17-5-4-16-12)15-19-7-10-23-15/h1-5,7-8,10H,6,9H2,(H,18,22). The molecule has 23 heavy (non-hydrogen) atoms. The zero-order valence-electron chi connectivity index (χ0n) is 12.0. The van der Waals surface area contributed by atoms with E-state index in [1.807, 2.05) is 0 Å². The van der Waals surface area contributed by atoms with Crippen molar-refractivity contribution in [2.45, 2.75) is 6.54 Å². The number of amides is 1. The SMILES string of the molecule is O=C(NCCn1ccccc1=O)c1nccnc1-c1ncco1. The molecule has 1 N–H and O–H groups in total. The minimum Gasteiger partial charge on any atom is -0.443 e. The average Bonchev–Trinajstić information content (AvgIpc) is 3.11. The molecule has 0 saturated carbocycles. The first-order valence-electron chi connectivity index (χ1n) is 6.90. The second-order valence-corrected chi connectivity index (χ2v) is 4.58. The summed E-state index contributed by atoms with van der Waals surface area (Å²) in [5.41, 5.74) is 0.268. The molecule has 8 nitrogen and oxygen atoms in total. The predicted molar refractivity (Wildman–Crippen MR) is 80.6 cm³/mol. The molecule has 3 aromatic rings. The van der Waals surface area contributed by atoms with Crippen LogP contribution in [-0.2, 0) is 6.54 Å². The molecule has 0 aliphatic carbocycles. The Labute approximate surface area is 130 Å². The second-order valence-electron chi connectivity index (χ2n) is 4.58. The van der Waals surface area contributed by atoms with E-state index in [2.05, 4.69) is 20.3 Å². The molecule has 116 valence electrons. The smallest absolute Gasteiger partial charge is 0.272 e. The van der Waals surface area contributed by atoms with Crippen molar-refractivity contribution in [1.29, 1.82) is 0 Å². The first-order valence-corrected chi connectivity index (χ1v) is 6.90. The quantitative estimate of drug-likeness (QED) is 0.745. The van der Waals surface area contributed by atoms with Crippen molar-refractivity contribution in [3.63, 3.8) is 0 Å². The molecule has 0 unspecified atom stereocenters. The van der Waals surface area contributed by atoms with Crippen LogP contribution in [0.1, 0.15) is 10.5 Å². The number of carbonyl (C=O) groups is 1. The van der Waals surface area contributed by atoms with Crippen molar-refractivity contribution in [1.82, 2.24) is 24.8 Å². The summed E-state index contributed by atoms with van der Waals surface area (Å²) in [7, 11) is 0. The minimum absolute atomic E-state index is 0.121. The molecule has 0 spiro atoms. The maximum Gasteiger partial charge on any atom is 0.272 e. The van der Waals surface area contributed by atoms with E-state index in [0.717, 1.165) is 0 Å². The van der Waals surface area contributed by atoms with Crippen molar-refractivity contribution in [3.05, 3.63) is 65.3 Å². The van der Waals surface area contributed by atoms with Gasteiger partial charge < -0.3 is 14.3 Å². The number of aromatic nitrogens is 4. The molecule has 0 bridgehead atoms. The lowest BCUT2D eigenvalue weighted by atomic mass is 10.3. The van der Waals surface area contributed by atoms with Gasteiger partial charge in [-0.15, -0.1) is 0 Å². The highest BCUT2D eigenvalue weighted by molar-refractivity contribution is 5.96. The molecule has 0 aliphatic heterocycles. The largest absolute Gasteiger partial charge is 0.443 e. The van der Waals surface area contributed by atoms with Gasteiger partial charge in [-0.1, -0.05) is 6.07 Å². The van der Waals surface area contributed by atoms with Gasteiger partial charge in [-0.25, -0.2) is 15.0 Å². The zero-order chi connectivity index (χ0) is 16.1. The number of oxazole rings is 1. The van der Waals surface area contributed by atoms with Gasteiger partial charge in [0.2, 0.25) is 5.89 Å². The van der Waals surface area contributed by atoms with Crippen molar-refractivity contribution >= 4 is 5.91 Å². The Bertz CT molecular complexity index is 857. The maximum absolute atomic E-state index is 12.3. The van der Waals surface area contributed by atoms with Crippen LogP contribution in [0.4, 0.5) is 0 Å². The van der Waals surface area contributed by atoms with Gasteiger partial charge in [-0.3, -0.25) is 9.59 Å². The Hall–Kier alpha value is -3.29. The zero-order valence-corrected chi connectivity index (χ0v) is 12.0. The van der Waals surface area contributed by atoms with E-state index < -0.39 is 5.91 Å². The van der Waals surface area contributed by atoms with Crippen LogP contribution < -0.4 is 10.9 Å². The fourth-order valence-corrected chi connectivity index (χ4v) is 2.02. The molecule has 0 aliphatic rings. The van der Waals surface area contributed by atoms with Crippen molar-refractivity contribution in [2.24, 2.45) is 0 Å². The topological polar surface area (TPSA) is 103 Å². The van der Waals surface area contributed by atoms with E-state index in [-0.39, 0.29) is 29.4 Å². The van der Waals surface area contributed by atoms with Gasteiger partial charge in [0.05, 0.1) is 6.20 Å². The third-order valence-corrected chi connectivity index (χ3v) is 3.09. The number of pyridine rings is 1. The molecular formula is C15H13N5O3. The molecule has 0 atom stereocenters. The Morgan fingerprint density at radius 1 is 1.17 bits per heavy atom. The summed E-state index contributed by atoms with van der Waals surface area (Å²) in [6.07, 6.45) is 7.40. The molecule has 3 rings (SSSR count). The Balaban J connectivity index is 1.70. The fourth-order valence-electron chi connectivity index (χ4n) is 2.02. The maximum atomic E-state index is 12.3. The van der Waals surface area contributed by atoms with E-state index in [0.29, 0.717) is 6.54 Å². The van der Waals surface area contributed by atoms with Gasteiger partial charge in [-0.05, 0) is 6.07 Å². The highest BCUT2D eigenvalue weighted by Gasteiger charge is 2.18. The lowest BCUT2D eigenvalue weighted by Gasteiger charge is -2.08. The minimum atomic E-state index is -0.407. The normalized spacial score (nSPS) is 10.4. The number of nitrogens with zero attached hydrogens (tertiary/aromatic N) is 4. The number of rotatable bonds is 5. The summed E-state index contributed by atoms with van der Waals surface area (Å²) in [5.74, 6) is -0.183. The van der Waals surface area contributed by atoms with E-state index in [1.165, 1.54) is 35.5 Å². The molecule has 3 aromatic heterocycles. The summed E-state index contributed by atoms with van der Waals surface area (Å²) in [5, 5.41) is 2.71. The lowest BCUT2D eigenvalue weighted by molar-refractivity contribution is 0.0947. The van der Waals surface area contributed by atoms with Gasteiger partial charge in [0.1, 0.15) is 6.26 Å². The molecule has 3 heterocycles. The number of hydrogen-bond donors (Lipinski definition) is 1. The van der Waals surface area contributed by atoms with E-state index >= 15 is 0 Å². The van der Waals surface area contributed by atoms with Gasteiger partial charge in [0.15, 0.2) is 11.4 Å². The van der Waals surface area contributed by atoms with E-state index in [9.17, 15) is 9.59 Å². The number of hydrogen-bond acceptors (Lipinski definition) is 6. The summed E-state index contributed by atoms with van der Waals surface area (Å²) in [4.78, 5) is 35.9. The monoisotopic (exact) mass is 311 g/mol. The fraction of sp³-hybridized carbons (Fsp3) is 0.133. The Kier molecular flexibility index (Phi) is 4.23. The second kappa shape index (κ2) is 6.65. The third-order valence-electron chi connectivity index (χ3n) is 3.09. The van der Waals surface area contributed by atoms with Gasteiger partial charge >= 0.3 is 0 Å². The van der Waals surface area contributed by atoms with Crippen LogP contribution in [0.2, 0.25) is 0 Å². The van der Waals surface area contributed by atoms with Crippen molar-refractivity contribution in [3.8, 4) is 11.6 Å². The average molecular weight is 311 g/mol. The van der Waals surface area contributed by atoms with Gasteiger partial charge in [0, 0.05) is 37.7 Å². The van der Waals surface area contributed by atoms with Crippen molar-refractivity contribution in [2.75, 3.05) is 6.54 Å². The van der Waals surface area contributed by atoms with Crippen LogP contribution in [0.15, 0.2) is 58.5 Å². The molecule has 1 amide bonds. The summed E-state index contributed by atoms with van der Waals surface area (Å²) >= 11 is 0. The van der Waals surface area contributed by atoms with Gasteiger partial charge in [-0.2, -0.15) is 0 Å². The Morgan fingerprint density at radius 2 is 2.04 bits per heavy atom. The first kappa shape index (κ1) is 14.6. The van der Waals surface area contributed by atoms with Crippen LogP contribution in [-0.4, -0.2) is 32.0 Å². The Morgan fingerprint density at radius 3 is 2.83 bits per heavy atom. The van der Waals surface area contributed by atoms with Crippen LogP contribution in [0.25, 0.3) is 11.6 Å². The molecule has 0 saturated heterocycles. The molecule has 0 aromatic carbocycles. The van der Waals surface area contributed by atoms with E-state index in [1.54, 1.807) is 18.3 Å². The van der Waals surface area contributed by atoms with Crippen LogP contribution in [0.3, 0.4) is 0 Å². The summed E-state index contributed by atoms with van der Waals surface area (Å²) in [6.45, 7) is 0.643. The molecular weight excluding hydrogens is 298 g/mol. The number of nitrogens with one attached hydrogen (secondary N) is 1. The van der Waals surface area contributed by atoms with Crippen LogP contribution >= 0.6 is 0 Å². The van der Waals surface area contributed by atoms with Crippen LogP contribution in [0, 0.1) is 0 Å². The first-order chi connectivity index (χ1) is 11.3. The number of carbonyl (C=O) groups excluding carboxylic acids is 1. The molecule has 8 heteroatoms. The summed E-state index contributed by atoms with van der Waals surface area (Å²) < 4.78 is 6.67. The highest BCUT2D eigenvalue weighted by Crippen LogP contribution is 2.16. The molecule has 0 fully saturated rings. The molecule has 0 radical (unpaired) electrons. The summed E-state index contributed by atoms with van der Waals surface area (Å²) in [6, 6.07) is 4.89.